The van der Waals surface area contributed by atoms with Crippen molar-refractivity contribution in [2.24, 2.45) is 0 Å². The minimum Gasteiger partial charge on any atom is -0.803 e. The van der Waals surface area contributed by atoms with Gasteiger partial charge in [-0.3, -0.25) is 62.3 Å². The van der Waals surface area contributed by atoms with Crippen molar-refractivity contribution in [1.29, 1.82) is 0 Å². The van der Waals surface area contributed by atoms with Crippen molar-refractivity contribution in [2.45, 2.75) is 96.9 Å². The number of hydrogen-bond acceptors (Lipinski definition) is 19. The summed E-state index contributed by atoms with van der Waals surface area (Å²) in [6, 6.07) is 2.54. The third kappa shape index (κ3) is 20.4. The number of carbonyl (C=O) groups excluding carboxylic acids is 12. The summed E-state index contributed by atoms with van der Waals surface area (Å²) in [5.41, 5.74) is -5.74. The second kappa shape index (κ2) is 32.4. The topological polar surface area (TPSA) is 427 Å². The van der Waals surface area contributed by atoms with Gasteiger partial charge in [0.2, 0.25) is 29.5 Å². The van der Waals surface area contributed by atoms with Crippen LogP contribution >= 0.6 is 0 Å². The molecule has 1 fully saturated rings. The van der Waals surface area contributed by atoms with Gasteiger partial charge in [-0.1, -0.05) is 0 Å². The Kier molecular flexibility index (Phi) is 27.0. The first kappa shape index (κ1) is 65.8. The first-order valence-corrected chi connectivity index (χ1v) is 24.8. The second-order valence-electron chi connectivity index (χ2n) is 17.9. The molecule has 1 atom stereocenters. The minimum atomic E-state index is -1.44. The Balaban J connectivity index is 0.0000164. The van der Waals surface area contributed by atoms with Gasteiger partial charge in [0.05, 0.1) is 13.1 Å². The predicted octanol–water partition coefficient (Wildman–Crippen LogP) is -2.70. The number of aromatic nitrogens is 2. The van der Waals surface area contributed by atoms with Gasteiger partial charge in [-0.2, -0.15) is 0 Å². The summed E-state index contributed by atoms with van der Waals surface area (Å²) in [5, 5.41) is 63.2. The molecule has 6 heterocycles. The molecule has 0 aromatic carbocycles. The zero-order valence-electron chi connectivity index (χ0n) is 43.5. The average Bonchev–Trinajstić information content (AvgIpc) is 3.73. The maximum atomic E-state index is 13.5. The summed E-state index contributed by atoms with van der Waals surface area (Å²) in [5.74, 6) is -10.4. The molecule has 0 radical (unpaired) electrons. The van der Waals surface area contributed by atoms with Crippen molar-refractivity contribution in [2.75, 3.05) is 65.4 Å². The number of amides is 11. The number of rotatable bonds is 14. The molecule has 0 saturated carbocycles. The van der Waals surface area contributed by atoms with Crippen molar-refractivity contribution >= 4 is 109 Å². The van der Waals surface area contributed by atoms with Gasteiger partial charge in [0.1, 0.15) is 22.5 Å². The van der Waals surface area contributed by atoms with E-state index in [1.54, 1.807) is 0 Å². The zero-order chi connectivity index (χ0) is 57.6. The van der Waals surface area contributed by atoms with Crippen molar-refractivity contribution in [3.8, 4) is 0 Å². The van der Waals surface area contributed by atoms with Gasteiger partial charge in [-0.05, 0) is 75.6 Å². The smallest absolute Gasteiger partial charge is 0.803 e. The number of hydroxylamine groups is 6. The molecule has 31 nitrogen and oxygen atoms in total. The molecule has 4 aliphatic heterocycles. The number of pyridine rings is 2. The fourth-order valence-corrected chi connectivity index (χ4v) is 7.67. The van der Waals surface area contributed by atoms with Crippen LogP contribution < -0.4 is 37.7 Å². The Morgan fingerprint density at radius 3 is 1.57 bits per heavy atom. The van der Waals surface area contributed by atoms with Gasteiger partial charge in [0.25, 0.3) is 46.6 Å². The van der Waals surface area contributed by atoms with Crippen molar-refractivity contribution < 1.29 is 62.4 Å². The average molecular weight is 1140 g/mol. The Morgan fingerprint density at radius 2 is 1.09 bits per heavy atom. The van der Waals surface area contributed by atoms with Crippen LogP contribution in [0.15, 0.2) is 33.9 Å². The molecule has 5 N–H and O–H groups in total. The number of carbonyl (C=O) groups is 12. The normalized spacial score (nSPS) is 16.4. The van der Waals surface area contributed by atoms with Gasteiger partial charge < -0.3 is 81.6 Å². The van der Waals surface area contributed by atoms with E-state index in [1.807, 2.05) is 0 Å². The molecule has 0 unspecified atom stereocenters. The van der Waals surface area contributed by atoms with E-state index in [0.717, 1.165) is 38.1 Å². The van der Waals surface area contributed by atoms with Crippen molar-refractivity contribution in [1.82, 2.24) is 61.0 Å². The molecule has 32 heteroatoms. The molecular formula is C47H60CaN12O19-2. The Labute approximate surface area is 480 Å². The number of hydrogen-bond donors (Lipinski definition) is 5. The van der Waals surface area contributed by atoms with E-state index in [9.17, 15) is 88.0 Å². The van der Waals surface area contributed by atoms with Gasteiger partial charge in [0.15, 0.2) is 0 Å². The first-order chi connectivity index (χ1) is 37.0. The van der Waals surface area contributed by atoms with E-state index in [1.165, 1.54) is 9.80 Å². The largest absolute Gasteiger partial charge is 2.00 e. The van der Waals surface area contributed by atoms with Gasteiger partial charge in [-0.15, -0.1) is 5.06 Å². The van der Waals surface area contributed by atoms with E-state index in [0.29, 0.717) is 5.06 Å². The van der Waals surface area contributed by atoms with Crippen LogP contribution in [-0.2, 0) is 43.2 Å². The van der Waals surface area contributed by atoms with E-state index in [4.69, 9.17) is 4.84 Å². The van der Waals surface area contributed by atoms with Crippen LogP contribution in [0.25, 0.3) is 0 Å². The third-order valence-electron chi connectivity index (χ3n) is 12.0. The standard InChI is InChI=1S/C47H60N12O19.Ca/c1-29(60)55(74)27-39(65)53-22-5-6-23-54(40(66)28-56(75)30(2)61)25-9-21-50-43(69)33-14-16-35(58(77)47(33)73)45(71)52-31(26-51-44(70)34-15-13-32(46(72)57(34)76)42(68)49-20-8-24-53)10-3-4-19-48-36(62)11-7-12-41(67)78-59-37(63)17-18-38(59)64;/h13-16,31H,3-12,17-28H2,1-2H3,(H,48,62)(H,49,68)(H,50,69)(H,51,70)(H,52,71);/q-4;+2/t31-;/m0./s1. The number of nitrogens with one attached hydrogen (secondary N) is 5. The Hall–Kier alpha value is -7.48. The molecule has 2 aromatic rings. The molecule has 4 bridgehead atoms. The first-order valence-electron chi connectivity index (χ1n) is 24.8. The molecule has 11 amide bonds. The number of fused-ring (bicyclic) bond motifs is 2. The van der Waals surface area contributed by atoms with Crippen LogP contribution in [0.3, 0.4) is 0 Å². The predicted molar refractivity (Wildman–Crippen MR) is 274 cm³/mol. The summed E-state index contributed by atoms with van der Waals surface area (Å²) < 4.78 is -0.684. The zero-order valence-corrected chi connectivity index (χ0v) is 45.7. The maximum Gasteiger partial charge on any atom is 2.00 e. The van der Waals surface area contributed by atoms with Gasteiger partial charge in [-0.25, -0.2) is 4.79 Å². The maximum absolute atomic E-state index is 13.5. The summed E-state index contributed by atoms with van der Waals surface area (Å²) in [6.07, 6.45) is 0.356. The van der Waals surface area contributed by atoms with E-state index in [2.05, 4.69) is 26.6 Å². The molecule has 4 aliphatic rings. The molecule has 2 aromatic heterocycles. The van der Waals surface area contributed by atoms with Gasteiger partial charge >= 0.3 is 43.7 Å². The number of unbranched alkanes of at least 4 members (excludes halogenated alkanes) is 1. The molecule has 0 aliphatic carbocycles. The van der Waals surface area contributed by atoms with E-state index >= 15 is 0 Å². The van der Waals surface area contributed by atoms with Crippen LogP contribution in [0.5, 0.6) is 0 Å². The second-order valence-corrected chi connectivity index (χ2v) is 17.9. The third-order valence-corrected chi connectivity index (χ3v) is 12.0. The van der Waals surface area contributed by atoms with Crippen LogP contribution in [0, 0.1) is 20.8 Å². The summed E-state index contributed by atoms with van der Waals surface area (Å²) >= 11 is 0. The Bertz CT molecular complexity index is 2720. The fraction of sp³-hybridized carbons (Fsp3) is 0.532. The van der Waals surface area contributed by atoms with Crippen molar-refractivity contribution in [3.63, 3.8) is 0 Å². The monoisotopic (exact) mass is 1140 g/mol. The molecular weight excluding hydrogens is 1080 g/mol. The van der Waals surface area contributed by atoms with Crippen LogP contribution in [-0.4, -0.2) is 215 Å². The fourth-order valence-electron chi connectivity index (χ4n) is 7.67. The molecule has 426 valence electrons. The number of imide groups is 1. The number of nitrogens with zero attached hydrogens (tertiary/aromatic N) is 7. The summed E-state index contributed by atoms with van der Waals surface area (Å²) in [4.78, 5) is 184. The SMILES string of the molecule is CC(=O)N([O-])CC(=O)N1CCCCN(C(=O)CN([O-])C(C)=O)CCCNC(=O)c2ccc(n([O-])c2=O)C(=O)N[C@@H](CCCCNC(=O)CCCC(=O)ON2C(=O)CCC2=O)CNC(=O)c2ccc(c(=O)n2[O-])C(=O)NCCC1.[Ca+2]. The van der Waals surface area contributed by atoms with Gasteiger partial charge in [0, 0.05) is 97.9 Å². The molecule has 6 rings (SSSR count). The summed E-state index contributed by atoms with van der Waals surface area (Å²) in [6.45, 7) is -0.824. The van der Waals surface area contributed by atoms with Crippen LogP contribution in [0.1, 0.15) is 133 Å². The molecule has 1 saturated heterocycles. The van der Waals surface area contributed by atoms with Crippen molar-refractivity contribution in [3.05, 3.63) is 88.3 Å². The Morgan fingerprint density at radius 1 is 0.620 bits per heavy atom. The van der Waals surface area contributed by atoms with Crippen LogP contribution in [0.2, 0.25) is 0 Å². The molecule has 79 heavy (non-hydrogen) atoms. The van der Waals surface area contributed by atoms with E-state index in [-0.39, 0.29) is 180 Å². The minimum absolute atomic E-state index is 0. The van der Waals surface area contributed by atoms with Crippen LogP contribution in [0.4, 0.5) is 0 Å². The summed E-state index contributed by atoms with van der Waals surface area (Å²) in [7, 11) is 0. The quantitative estimate of drug-likeness (QED) is 0.0556. The molecule has 0 spiro atoms. The van der Waals surface area contributed by atoms with E-state index < -0.39 is 130 Å².